The van der Waals surface area contributed by atoms with Crippen molar-refractivity contribution < 1.29 is 33.4 Å². The molecule has 7 heteroatoms. The van der Waals surface area contributed by atoms with Crippen LogP contribution in [-0.2, 0) is 9.47 Å². The van der Waals surface area contributed by atoms with Gasteiger partial charge in [0.2, 0.25) is 5.76 Å². The molecule has 0 bridgehead atoms. The first-order chi connectivity index (χ1) is 10.5. The largest absolute Gasteiger partial charge is 0.475 e. The van der Waals surface area contributed by atoms with Gasteiger partial charge in [-0.1, -0.05) is 0 Å². The van der Waals surface area contributed by atoms with Gasteiger partial charge < -0.3 is 19.0 Å². The van der Waals surface area contributed by atoms with Crippen LogP contribution in [0.15, 0.2) is 34.7 Å². The standard InChI is InChI=1S/C15H12O7/c1-20-14(18)8-3-4-9(15(19)21-2)10(7-8)11-5-6-12(22-11)13(16)17/h3-7H,1-2H3,(H,16,17). The summed E-state index contributed by atoms with van der Waals surface area (Å²) < 4.78 is 14.5. The molecule has 0 spiro atoms. The Kier molecular flexibility index (Phi) is 4.26. The van der Waals surface area contributed by atoms with E-state index >= 15 is 0 Å². The molecule has 1 aromatic heterocycles. The van der Waals surface area contributed by atoms with Crippen molar-refractivity contribution in [3.05, 3.63) is 47.2 Å². The van der Waals surface area contributed by atoms with E-state index < -0.39 is 17.9 Å². The van der Waals surface area contributed by atoms with Crippen molar-refractivity contribution in [1.82, 2.24) is 0 Å². The molecule has 0 saturated heterocycles. The minimum atomic E-state index is -1.24. The lowest BCUT2D eigenvalue weighted by Gasteiger charge is -2.08. The van der Waals surface area contributed by atoms with Gasteiger partial charge in [0.15, 0.2) is 0 Å². The van der Waals surface area contributed by atoms with Gasteiger partial charge in [-0.2, -0.15) is 0 Å². The van der Waals surface area contributed by atoms with Crippen molar-refractivity contribution >= 4 is 17.9 Å². The Morgan fingerprint density at radius 1 is 1.00 bits per heavy atom. The molecule has 2 aromatic rings. The molecule has 0 amide bonds. The molecular formula is C15H12O7. The number of benzene rings is 1. The average Bonchev–Trinajstić information content (AvgIpc) is 3.02. The number of methoxy groups -OCH3 is 2. The van der Waals surface area contributed by atoms with Crippen LogP contribution in [0.2, 0.25) is 0 Å². The second-order valence-corrected chi connectivity index (χ2v) is 4.21. The summed E-state index contributed by atoms with van der Waals surface area (Å²) in [6.07, 6.45) is 0. The molecule has 1 heterocycles. The Labute approximate surface area is 125 Å². The maximum atomic E-state index is 11.8. The van der Waals surface area contributed by atoms with Gasteiger partial charge in [-0.05, 0) is 30.3 Å². The number of furan rings is 1. The highest BCUT2D eigenvalue weighted by molar-refractivity contribution is 6.00. The molecular weight excluding hydrogens is 292 g/mol. The summed E-state index contributed by atoms with van der Waals surface area (Å²) in [5.74, 6) is -2.63. The Balaban J connectivity index is 2.60. The van der Waals surface area contributed by atoms with Crippen molar-refractivity contribution in [1.29, 1.82) is 0 Å². The number of ether oxygens (including phenoxy) is 2. The van der Waals surface area contributed by atoms with Crippen molar-refractivity contribution in [3.8, 4) is 11.3 Å². The van der Waals surface area contributed by atoms with E-state index in [1.165, 1.54) is 44.6 Å². The van der Waals surface area contributed by atoms with Crippen LogP contribution in [0.4, 0.5) is 0 Å². The molecule has 0 aliphatic rings. The number of carbonyl (C=O) groups excluding carboxylic acids is 2. The zero-order valence-corrected chi connectivity index (χ0v) is 11.8. The van der Waals surface area contributed by atoms with Crippen LogP contribution < -0.4 is 0 Å². The molecule has 0 unspecified atom stereocenters. The van der Waals surface area contributed by atoms with Crippen molar-refractivity contribution in [3.63, 3.8) is 0 Å². The summed E-state index contributed by atoms with van der Waals surface area (Å²) in [5.41, 5.74) is 0.571. The quantitative estimate of drug-likeness (QED) is 0.864. The molecule has 0 atom stereocenters. The first kappa shape index (κ1) is 15.3. The van der Waals surface area contributed by atoms with Gasteiger partial charge in [-0.25, -0.2) is 14.4 Å². The van der Waals surface area contributed by atoms with Gasteiger partial charge in [-0.15, -0.1) is 0 Å². The summed E-state index contributed by atoms with van der Waals surface area (Å²) >= 11 is 0. The van der Waals surface area contributed by atoms with Crippen LogP contribution in [0.5, 0.6) is 0 Å². The van der Waals surface area contributed by atoms with E-state index in [0.717, 1.165) is 0 Å². The summed E-state index contributed by atoms with van der Waals surface area (Å²) in [6, 6.07) is 6.82. The number of hydrogen-bond donors (Lipinski definition) is 1. The molecule has 0 saturated carbocycles. The van der Waals surface area contributed by atoms with Gasteiger partial charge in [-0.3, -0.25) is 0 Å². The lowest BCUT2D eigenvalue weighted by molar-refractivity contribution is 0.0587. The highest BCUT2D eigenvalue weighted by Gasteiger charge is 2.20. The predicted molar refractivity (Wildman–Crippen MR) is 73.8 cm³/mol. The van der Waals surface area contributed by atoms with E-state index in [4.69, 9.17) is 9.52 Å². The van der Waals surface area contributed by atoms with Crippen LogP contribution in [0, 0.1) is 0 Å². The third-order valence-electron chi connectivity index (χ3n) is 2.93. The van der Waals surface area contributed by atoms with Crippen LogP contribution in [-0.4, -0.2) is 37.2 Å². The van der Waals surface area contributed by atoms with E-state index in [9.17, 15) is 14.4 Å². The Hall–Kier alpha value is -3.09. The Bertz CT molecular complexity index is 742. The topological polar surface area (TPSA) is 103 Å². The predicted octanol–water partition coefficient (Wildman–Crippen LogP) is 2.22. The maximum absolute atomic E-state index is 11.8. The summed E-state index contributed by atoms with van der Waals surface area (Å²) in [7, 11) is 2.44. The third kappa shape index (κ3) is 2.83. The maximum Gasteiger partial charge on any atom is 0.371 e. The fraction of sp³-hybridized carbons (Fsp3) is 0.133. The monoisotopic (exact) mass is 304 g/mol. The fourth-order valence-corrected chi connectivity index (χ4v) is 1.88. The van der Waals surface area contributed by atoms with Crippen LogP contribution in [0.1, 0.15) is 31.3 Å². The van der Waals surface area contributed by atoms with Crippen LogP contribution in [0.3, 0.4) is 0 Å². The highest BCUT2D eigenvalue weighted by Crippen LogP contribution is 2.28. The molecule has 1 aromatic carbocycles. The molecule has 114 valence electrons. The first-order valence-electron chi connectivity index (χ1n) is 6.12. The molecule has 22 heavy (non-hydrogen) atoms. The number of aromatic carboxylic acids is 1. The molecule has 1 N–H and O–H groups in total. The second kappa shape index (κ2) is 6.13. The number of carboxylic acids is 1. The first-order valence-corrected chi connectivity index (χ1v) is 6.12. The SMILES string of the molecule is COC(=O)c1ccc(C(=O)OC)c(-c2ccc(C(=O)O)o2)c1. The average molecular weight is 304 g/mol. The minimum Gasteiger partial charge on any atom is -0.475 e. The van der Waals surface area contributed by atoms with Crippen LogP contribution in [0.25, 0.3) is 11.3 Å². The molecule has 7 nitrogen and oxygen atoms in total. The zero-order valence-electron chi connectivity index (χ0n) is 11.8. The van der Waals surface area contributed by atoms with Gasteiger partial charge >= 0.3 is 17.9 Å². The lowest BCUT2D eigenvalue weighted by Crippen LogP contribution is -2.07. The molecule has 0 fully saturated rings. The third-order valence-corrected chi connectivity index (χ3v) is 2.93. The second-order valence-electron chi connectivity index (χ2n) is 4.21. The number of hydrogen-bond acceptors (Lipinski definition) is 6. The van der Waals surface area contributed by atoms with Crippen molar-refractivity contribution in [2.45, 2.75) is 0 Å². The van der Waals surface area contributed by atoms with E-state index in [-0.39, 0.29) is 28.2 Å². The molecule has 0 aliphatic heterocycles. The normalized spacial score (nSPS) is 10.1. The number of carbonyl (C=O) groups is 3. The summed E-state index contributed by atoms with van der Waals surface area (Å²) in [6.45, 7) is 0. The van der Waals surface area contributed by atoms with Gasteiger partial charge in [0.25, 0.3) is 0 Å². The van der Waals surface area contributed by atoms with Gasteiger partial charge in [0.1, 0.15) is 5.76 Å². The van der Waals surface area contributed by atoms with E-state index in [2.05, 4.69) is 9.47 Å². The van der Waals surface area contributed by atoms with Crippen molar-refractivity contribution in [2.24, 2.45) is 0 Å². The van der Waals surface area contributed by atoms with Crippen LogP contribution >= 0.6 is 0 Å². The Morgan fingerprint density at radius 3 is 2.23 bits per heavy atom. The van der Waals surface area contributed by atoms with E-state index in [1.807, 2.05) is 0 Å². The number of esters is 2. The smallest absolute Gasteiger partial charge is 0.371 e. The lowest BCUT2D eigenvalue weighted by atomic mass is 10.0. The minimum absolute atomic E-state index is 0.128. The molecule has 0 aliphatic carbocycles. The number of rotatable bonds is 4. The summed E-state index contributed by atoms with van der Waals surface area (Å²) in [4.78, 5) is 34.3. The number of carboxylic acid groups (broad SMARTS) is 1. The highest BCUT2D eigenvalue weighted by atomic mass is 16.5. The zero-order chi connectivity index (χ0) is 16.3. The summed E-state index contributed by atoms with van der Waals surface area (Å²) in [5, 5.41) is 8.89. The Morgan fingerprint density at radius 2 is 1.68 bits per heavy atom. The fourth-order valence-electron chi connectivity index (χ4n) is 1.88. The van der Waals surface area contributed by atoms with Crippen molar-refractivity contribution in [2.75, 3.05) is 14.2 Å². The van der Waals surface area contributed by atoms with E-state index in [0.29, 0.717) is 0 Å². The van der Waals surface area contributed by atoms with Gasteiger partial charge in [0, 0.05) is 5.56 Å². The van der Waals surface area contributed by atoms with E-state index in [1.54, 1.807) is 0 Å². The molecule has 2 rings (SSSR count). The molecule has 0 radical (unpaired) electrons. The van der Waals surface area contributed by atoms with Gasteiger partial charge in [0.05, 0.1) is 25.3 Å².